The lowest BCUT2D eigenvalue weighted by atomic mass is 9.96. The average molecular weight is 213 g/mol. The summed E-state index contributed by atoms with van der Waals surface area (Å²) < 4.78 is 5.46. The lowest BCUT2D eigenvalue weighted by Crippen LogP contribution is -2.61. The largest absolute Gasteiger partial charge is 0.386 e. The van der Waals surface area contributed by atoms with Crippen LogP contribution in [-0.2, 0) is 9.53 Å². The van der Waals surface area contributed by atoms with Crippen molar-refractivity contribution in [2.75, 3.05) is 19.7 Å². The Morgan fingerprint density at radius 2 is 2.33 bits per heavy atom. The van der Waals surface area contributed by atoms with E-state index in [0.717, 1.165) is 25.9 Å². The number of likely N-dealkylation sites (tertiary alicyclic amines) is 1. The maximum absolute atomic E-state index is 11.6. The van der Waals surface area contributed by atoms with E-state index in [1.807, 2.05) is 0 Å². The average Bonchev–Trinajstić information content (AvgIpc) is 2.62. The van der Waals surface area contributed by atoms with Crippen LogP contribution < -0.4 is 0 Å². The predicted molar refractivity (Wildman–Crippen MR) is 55.4 cm³/mol. The molecule has 1 unspecified atom stereocenters. The summed E-state index contributed by atoms with van der Waals surface area (Å²) in [7, 11) is 0. The van der Waals surface area contributed by atoms with Crippen molar-refractivity contribution >= 4 is 5.91 Å². The summed E-state index contributed by atoms with van der Waals surface area (Å²) in [4.78, 5) is 13.3. The van der Waals surface area contributed by atoms with Gasteiger partial charge in [-0.3, -0.25) is 4.79 Å². The van der Waals surface area contributed by atoms with Gasteiger partial charge >= 0.3 is 0 Å². The molecule has 86 valence electrons. The minimum atomic E-state index is -0.653. The Bertz CT molecular complexity index is 238. The van der Waals surface area contributed by atoms with Crippen molar-refractivity contribution in [1.82, 2.24) is 4.90 Å². The molecule has 2 fully saturated rings. The summed E-state index contributed by atoms with van der Waals surface area (Å²) >= 11 is 0. The first kappa shape index (κ1) is 10.9. The highest BCUT2D eigenvalue weighted by Gasteiger charge is 2.39. The first-order valence-electron chi connectivity index (χ1n) is 5.69. The molecule has 2 heterocycles. The van der Waals surface area contributed by atoms with E-state index in [2.05, 4.69) is 0 Å². The summed E-state index contributed by atoms with van der Waals surface area (Å²) in [6.45, 7) is 3.57. The van der Waals surface area contributed by atoms with Gasteiger partial charge in [0.15, 0.2) is 0 Å². The molecule has 2 aliphatic rings. The highest BCUT2D eigenvalue weighted by Crippen LogP contribution is 2.22. The summed E-state index contributed by atoms with van der Waals surface area (Å²) in [6.07, 6.45) is 3.89. The normalized spacial score (nSPS) is 28.9. The molecule has 2 saturated heterocycles. The van der Waals surface area contributed by atoms with E-state index in [9.17, 15) is 9.90 Å². The number of amides is 1. The molecule has 0 saturated carbocycles. The van der Waals surface area contributed by atoms with E-state index >= 15 is 0 Å². The molecule has 2 rings (SSSR count). The number of carbonyl (C=O) groups is 1. The van der Waals surface area contributed by atoms with Gasteiger partial charge in [-0.05, 0) is 26.2 Å². The number of nitrogens with zero attached hydrogens (tertiary/aromatic N) is 1. The third kappa shape index (κ3) is 2.69. The van der Waals surface area contributed by atoms with Gasteiger partial charge in [-0.2, -0.15) is 0 Å². The van der Waals surface area contributed by atoms with Gasteiger partial charge in [-0.25, -0.2) is 0 Å². The fourth-order valence-electron chi connectivity index (χ4n) is 2.27. The highest BCUT2D eigenvalue weighted by molar-refractivity contribution is 5.77. The van der Waals surface area contributed by atoms with Crippen LogP contribution in [0.4, 0.5) is 0 Å². The lowest BCUT2D eigenvalue weighted by Gasteiger charge is -2.44. The van der Waals surface area contributed by atoms with Crippen molar-refractivity contribution in [3.63, 3.8) is 0 Å². The van der Waals surface area contributed by atoms with Crippen LogP contribution in [0.2, 0.25) is 0 Å². The van der Waals surface area contributed by atoms with E-state index in [0.29, 0.717) is 19.5 Å². The van der Waals surface area contributed by atoms with Crippen LogP contribution in [0.5, 0.6) is 0 Å². The second-order valence-electron chi connectivity index (χ2n) is 4.92. The number of ether oxygens (including phenoxy) is 1. The Morgan fingerprint density at radius 1 is 1.60 bits per heavy atom. The van der Waals surface area contributed by atoms with Crippen molar-refractivity contribution in [3.05, 3.63) is 0 Å². The van der Waals surface area contributed by atoms with E-state index in [-0.39, 0.29) is 12.0 Å². The van der Waals surface area contributed by atoms with Gasteiger partial charge in [0.05, 0.1) is 24.8 Å². The van der Waals surface area contributed by atoms with Crippen LogP contribution in [0.3, 0.4) is 0 Å². The van der Waals surface area contributed by atoms with Crippen molar-refractivity contribution in [3.8, 4) is 0 Å². The Morgan fingerprint density at radius 3 is 2.87 bits per heavy atom. The van der Waals surface area contributed by atoms with Crippen LogP contribution in [0.25, 0.3) is 0 Å². The molecule has 0 aromatic carbocycles. The van der Waals surface area contributed by atoms with E-state index < -0.39 is 5.60 Å². The Balaban J connectivity index is 1.65. The fourth-order valence-corrected chi connectivity index (χ4v) is 2.27. The zero-order valence-corrected chi connectivity index (χ0v) is 9.24. The monoisotopic (exact) mass is 213 g/mol. The van der Waals surface area contributed by atoms with Gasteiger partial charge in [0.1, 0.15) is 0 Å². The predicted octanol–water partition coefficient (Wildman–Crippen LogP) is 0.539. The molecular formula is C11H19NO3. The molecule has 15 heavy (non-hydrogen) atoms. The standard InChI is InChI=1S/C11H19NO3/c1-11(14)7-12(8-11)10(13)5-4-9-3-2-6-15-9/h9,14H,2-8H2,1H3. The smallest absolute Gasteiger partial charge is 0.222 e. The molecule has 1 amide bonds. The van der Waals surface area contributed by atoms with Gasteiger partial charge in [-0.1, -0.05) is 0 Å². The number of β-amino-alcohol motifs (C(OH)–C–C–N with tert-alkyl or cyclic N) is 1. The number of carbonyl (C=O) groups excluding carboxylic acids is 1. The molecule has 0 bridgehead atoms. The van der Waals surface area contributed by atoms with Crippen LogP contribution in [-0.4, -0.2) is 47.3 Å². The minimum absolute atomic E-state index is 0.150. The molecule has 0 radical (unpaired) electrons. The van der Waals surface area contributed by atoms with Gasteiger partial charge in [0.25, 0.3) is 0 Å². The number of hydrogen-bond acceptors (Lipinski definition) is 3. The first-order chi connectivity index (χ1) is 7.07. The molecule has 2 aliphatic heterocycles. The van der Waals surface area contributed by atoms with Crippen molar-refractivity contribution in [2.24, 2.45) is 0 Å². The third-order valence-electron chi connectivity index (χ3n) is 3.12. The topological polar surface area (TPSA) is 49.8 Å². The Kier molecular flexibility index (Phi) is 2.98. The van der Waals surface area contributed by atoms with Gasteiger partial charge in [0.2, 0.25) is 5.91 Å². The van der Waals surface area contributed by atoms with Crippen LogP contribution in [0.15, 0.2) is 0 Å². The van der Waals surface area contributed by atoms with Gasteiger partial charge in [0, 0.05) is 13.0 Å². The maximum Gasteiger partial charge on any atom is 0.222 e. The molecule has 4 heteroatoms. The molecular weight excluding hydrogens is 194 g/mol. The lowest BCUT2D eigenvalue weighted by molar-refractivity contribution is -0.152. The molecule has 1 N–H and O–H groups in total. The zero-order valence-electron chi connectivity index (χ0n) is 9.24. The number of rotatable bonds is 3. The fraction of sp³-hybridized carbons (Fsp3) is 0.909. The molecule has 0 aromatic heterocycles. The molecule has 0 aliphatic carbocycles. The van der Waals surface area contributed by atoms with Crippen molar-refractivity contribution in [2.45, 2.75) is 44.3 Å². The maximum atomic E-state index is 11.6. The van der Waals surface area contributed by atoms with Crippen LogP contribution in [0.1, 0.15) is 32.6 Å². The summed E-state index contributed by atoms with van der Waals surface area (Å²) in [5.41, 5.74) is -0.653. The van der Waals surface area contributed by atoms with Crippen LogP contribution in [0, 0.1) is 0 Å². The van der Waals surface area contributed by atoms with E-state index in [1.54, 1.807) is 11.8 Å². The summed E-state index contributed by atoms with van der Waals surface area (Å²) in [5, 5.41) is 9.49. The van der Waals surface area contributed by atoms with Crippen molar-refractivity contribution in [1.29, 1.82) is 0 Å². The van der Waals surface area contributed by atoms with Crippen LogP contribution >= 0.6 is 0 Å². The SMILES string of the molecule is CC1(O)CN(C(=O)CCC2CCCO2)C1. The Hall–Kier alpha value is -0.610. The summed E-state index contributed by atoms with van der Waals surface area (Å²) in [6, 6.07) is 0. The molecule has 4 nitrogen and oxygen atoms in total. The van der Waals surface area contributed by atoms with E-state index in [1.165, 1.54) is 0 Å². The quantitative estimate of drug-likeness (QED) is 0.744. The van der Waals surface area contributed by atoms with Gasteiger partial charge in [-0.15, -0.1) is 0 Å². The highest BCUT2D eigenvalue weighted by atomic mass is 16.5. The zero-order chi connectivity index (χ0) is 10.9. The molecule has 0 aromatic rings. The second-order valence-corrected chi connectivity index (χ2v) is 4.92. The summed E-state index contributed by atoms with van der Waals surface area (Å²) in [5.74, 6) is 0.150. The van der Waals surface area contributed by atoms with Crippen molar-refractivity contribution < 1.29 is 14.6 Å². The first-order valence-corrected chi connectivity index (χ1v) is 5.69. The second kappa shape index (κ2) is 4.10. The van der Waals surface area contributed by atoms with Gasteiger partial charge < -0.3 is 14.7 Å². The Labute approximate surface area is 90.2 Å². The molecule has 1 atom stereocenters. The minimum Gasteiger partial charge on any atom is -0.386 e. The number of hydrogen-bond donors (Lipinski definition) is 1. The molecule has 0 spiro atoms. The number of aliphatic hydroxyl groups is 1. The third-order valence-corrected chi connectivity index (χ3v) is 3.12. The van der Waals surface area contributed by atoms with E-state index in [4.69, 9.17) is 4.74 Å².